The largest absolute Gasteiger partial charge is 0.325 e. The van der Waals surface area contributed by atoms with Gasteiger partial charge in [-0.1, -0.05) is 6.07 Å². The van der Waals surface area contributed by atoms with Crippen molar-refractivity contribution < 1.29 is 4.79 Å². The van der Waals surface area contributed by atoms with Gasteiger partial charge in [-0.05, 0) is 74.5 Å². The Bertz CT molecular complexity index is 628. The molecule has 1 N–H and O–H groups in total. The molecule has 1 aromatic rings. The second-order valence-electron chi connectivity index (χ2n) is 7.63. The summed E-state index contributed by atoms with van der Waals surface area (Å²) in [6.07, 6.45) is 8.27. The lowest BCUT2D eigenvalue weighted by Crippen LogP contribution is -2.49. The van der Waals surface area contributed by atoms with E-state index in [1.807, 2.05) is 17.8 Å². The summed E-state index contributed by atoms with van der Waals surface area (Å²) in [6.45, 7) is 0. The van der Waals surface area contributed by atoms with Crippen molar-refractivity contribution in [2.75, 3.05) is 11.1 Å². The SMILES string of the molecule is N#Cc1cccc(NC(=O)CSC23CC4CC(CC(C4)C2)C3)c1. The number of amides is 1. The summed E-state index contributed by atoms with van der Waals surface area (Å²) < 4.78 is 0.376. The molecule has 1 amide bonds. The van der Waals surface area contributed by atoms with Crippen LogP contribution in [0.5, 0.6) is 0 Å². The van der Waals surface area contributed by atoms with Crippen LogP contribution in [0.4, 0.5) is 5.69 Å². The second-order valence-corrected chi connectivity index (χ2v) is 9.07. The standard InChI is InChI=1S/C19H22N2OS/c20-11-13-2-1-3-17(7-13)21-18(22)12-23-19-8-14-4-15(9-19)6-16(5-14)10-19/h1-3,7,14-16H,4-6,8-10,12H2,(H,21,22). The molecule has 0 aliphatic heterocycles. The fourth-order valence-corrected chi connectivity index (χ4v) is 6.86. The number of hydrogen-bond acceptors (Lipinski definition) is 3. The van der Waals surface area contributed by atoms with Crippen LogP contribution in [0.2, 0.25) is 0 Å². The number of benzene rings is 1. The quantitative estimate of drug-likeness (QED) is 0.902. The molecule has 4 aliphatic rings. The highest BCUT2D eigenvalue weighted by atomic mass is 32.2. The predicted octanol–water partition coefficient (Wildman–Crippen LogP) is 4.20. The molecule has 4 fully saturated rings. The molecule has 4 bridgehead atoms. The first-order valence-corrected chi connectivity index (χ1v) is 9.57. The van der Waals surface area contributed by atoms with Crippen LogP contribution in [0.25, 0.3) is 0 Å². The van der Waals surface area contributed by atoms with Gasteiger partial charge in [-0.25, -0.2) is 0 Å². The molecule has 0 atom stereocenters. The highest BCUT2D eigenvalue weighted by Gasteiger charge is 2.51. The molecule has 0 heterocycles. The number of thioether (sulfide) groups is 1. The van der Waals surface area contributed by atoms with Crippen LogP contribution in [0, 0.1) is 29.1 Å². The van der Waals surface area contributed by atoms with Crippen LogP contribution in [0.15, 0.2) is 24.3 Å². The number of carbonyl (C=O) groups is 1. The first kappa shape index (κ1) is 15.1. The van der Waals surface area contributed by atoms with E-state index in [9.17, 15) is 4.79 Å². The van der Waals surface area contributed by atoms with Crippen LogP contribution in [0.1, 0.15) is 44.1 Å². The van der Waals surface area contributed by atoms with Crippen molar-refractivity contribution in [1.82, 2.24) is 0 Å². The Morgan fingerprint density at radius 2 is 1.87 bits per heavy atom. The average Bonchev–Trinajstić information content (AvgIpc) is 2.52. The molecule has 0 spiro atoms. The van der Waals surface area contributed by atoms with Gasteiger partial charge in [0.1, 0.15) is 0 Å². The van der Waals surface area contributed by atoms with Gasteiger partial charge in [0.15, 0.2) is 0 Å². The molecule has 5 rings (SSSR count). The monoisotopic (exact) mass is 326 g/mol. The van der Waals surface area contributed by atoms with Crippen molar-refractivity contribution in [3.05, 3.63) is 29.8 Å². The Morgan fingerprint density at radius 3 is 2.48 bits per heavy atom. The van der Waals surface area contributed by atoms with Crippen LogP contribution in [-0.2, 0) is 4.79 Å². The van der Waals surface area contributed by atoms with Gasteiger partial charge < -0.3 is 5.32 Å². The average molecular weight is 326 g/mol. The van der Waals surface area contributed by atoms with Crippen LogP contribution >= 0.6 is 11.8 Å². The number of carbonyl (C=O) groups excluding carboxylic acids is 1. The highest BCUT2D eigenvalue weighted by Crippen LogP contribution is 2.60. The maximum atomic E-state index is 12.3. The van der Waals surface area contributed by atoms with Gasteiger partial charge in [0, 0.05) is 10.4 Å². The zero-order valence-electron chi connectivity index (χ0n) is 13.3. The van der Waals surface area contributed by atoms with E-state index in [2.05, 4.69) is 11.4 Å². The molecule has 0 unspecified atom stereocenters. The first-order valence-electron chi connectivity index (χ1n) is 8.58. The third-order valence-electron chi connectivity index (χ3n) is 5.77. The Hall–Kier alpha value is -1.47. The van der Waals surface area contributed by atoms with E-state index in [1.165, 1.54) is 38.5 Å². The number of nitriles is 1. The van der Waals surface area contributed by atoms with Crippen molar-refractivity contribution in [3.63, 3.8) is 0 Å². The lowest BCUT2D eigenvalue weighted by molar-refractivity contribution is -0.113. The molecule has 4 heteroatoms. The van der Waals surface area contributed by atoms with E-state index in [-0.39, 0.29) is 5.91 Å². The van der Waals surface area contributed by atoms with Crippen molar-refractivity contribution in [2.24, 2.45) is 17.8 Å². The number of nitrogens with one attached hydrogen (secondary N) is 1. The molecular weight excluding hydrogens is 304 g/mol. The summed E-state index contributed by atoms with van der Waals surface area (Å²) in [5, 5.41) is 11.9. The molecule has 4 saturated carbocycles. The van der Waals surface area contributed by atoms with Gasteiger partial charge in [-0.2, -0.15) is 5.26 Å². The van der Waals surface area contributed by atoms with Gasteiger partial charge in [0.05, 0.1) is 17.4 Å². The minimum absolute atomic E-state index is 0.0563. The Morgan fingerprint density at radius 1 is 1.22 bits per heavy atom. The van der Waals surface area contributed by atoms with Crippen molar-refractivity contribution in [1.29, 1.82) is 5.26 Å². The summed E-state index contributed by atoms with van der Waals surface area (Å²) in [5.41, 5.74) is 1.30. The molecule has 3 nitrogen and oxygen atoms in total. The zero-order valence-corrected chi connectivity index (χ0v) is 14.1. The minimum atomic E-state index is 0.0563. The lowest BCUT2D eigenvalue weighted by atomic mass is 9.56. The third kappa shape index (κ3) is 3.12. The maximum Gasteiger partial charge on any atom is 0.234 e. The summed E-state index contributed by atoms with van der Waals surface area (Å²) >= 11 is 1.89. The summed E-state index contributed by atoms with van der Waals surface area (Å²) in [4.78, 5) is 12.3. The van der Waals surface area contributed by atoms with Gasteiger partial charge in [-0.15, -0.1) is 11.8 Å². The van der Waals surface area contributed by atoms with E-state index in [4.69, 9.17) is 5.26 Å². The predicted molar refractivity (Wildman–Crippen MR) is 93.1 cm³/mol. The van der Waals surface area contributed by atoms with E-state index < -0.39 is 0 Å². The third-order valence-corrected chi connectivity index (χ3v) is 7.29. The van der Waals surface area contributed by atoms with Crippen molar-refractivity contribution in [3.8, 4) is 6.07 Å². The summed E-state index contributed by atoms with van der Waals surface area (Å²) in [6, 6.07) is 9.23. The van der Waals surface area contributed by atoms with Gasteiger partial charge in [-0.3, -0.25) is 4.79 Å². The van der Waals surface area contributed by atoms with Crippen LogP contribution in [0.3, 0.4) is 0 Å². The van der Waals surface area contributed by atoms with E-state index in [0.717, 1.165) is 23.4 Å². The Labute approximate surface area is 141 Å². The normalized spacial score (nSPS) is 34.1. The number of anilines is 1. The zero-order chi connectivity index (χ0) is 15.9. The molecule has 120 valence electrons. The molecule has 23 heavy (non-hydrogen) atoms. The van der Waals surface area contributed by atoms with E-state index in [1.54, 1.807) is 18.2 Å². The molecule has 0 aromatic heterocycles. The van der Waals surface area contributed by atoms with E-state index >= 15 is 0 Å². The smallest absolute Gasteiger partial charge is 0.234 e. The maximum absolute atomic E-state index is 12.3. The molecule has 1 aromatic carbocycles. The fourth-order valence-electron chi connectivity index (χ4n) is 5.29. The van der Waals surface area contributed by atoms with Crippen molar-refractivity contribution in [2.45, 2.75) is 43.3 Å². The first-order chi connectivity index (χ1) is 11.1. The number of rotatable bonds is 4. The Balaban J connectivity index is 1.36. The van der Waals surface area contributed by atoms with Gasteiger partial charge >= 0.3 is 0 Å². The minimum Gasteiger partial charge on any atom is -0.325 e. The Kier molecular flexibility index (Phi) is 3.85. The van der Waals surface area contributed by atoms with Gasteiger partial charge in [0.25, 0.3) is 0 Å². The topological polar surface area (TPSA) is 52.9 Å². The molecule has 0 radical (unpaired) electrons. The fraction of sp³-hybridized carbons (Fsp3) is 0.579. The highest BCUT2D eigenvalue weighted by molar-refractivity contribution is 8.01. The second kappa shape index (κ2) is 5.87. The molecule has 0 saturated heterocycles. The van der Waals surface area contributed by atoms with Crippen molar-refractivity contribution >= 4 is 23.4 Å². The van der Waals surface area contributed by atoms with Crippen LogP contribution in [-0.4, -0.2) is 16.4 Å². The summed E-state index contributed by atoms with van der Waals surface area (Å²) in [5.74, 6) is 3.35. The summed E-state index contributed by atoms with van der Waals surface area (Å²) in [7, 11) is 0. The molecule has 4 aliphatic carbocycles. The number of nitrogens with zero attached hydrogens (tertiary/aromatic N) is 1. The van der Waals surface area contributed by atoms with E-state index in [0.29, 0.717) is 16.1 Å². The number of hydrogen-bond donors (Lipinski definition) is 1. The molecular formula is C19H22N2OS. The lowest BCUT2D eigenvalue weighted by Gasteiger charge is -2.56. The van der Waals surface area contributed by atoms with Crippen LogP contribution < -0.4 is 5.32 Å². The van der Waals surface area contributed by atoms with Gasteiger partial charge in [0.2, 0.25) is 5.91 Å².